The number of hydrogen-bond acceptors (Lipinski definition) is 5. The normalized spacial score (nSPS) is 12.3. The van der Waals surface area contributed by atoms with Gasteiger partial charge in [0.15, 0.2) is 0 Å². The first-order chi connectivity index (χ1) is 8.88. The summed E-state index contributed by atoms with van der Waals surface area (Å²) in [4.78, 5) is 18.6. The minimum Gasteiger partial charge on any atom is -0.448 e. The molecule has 0 aliphatic heterocycles. The summed E-state index contributed by atoms with van der Waals surface area (Å²) >= 11 is 9.07. The maximum Gasteiger partial charge on any atom is 0.404 e. The van der Waals surface area contributed by atoms with E-state index in [9.17, 15) is 4.79 Å². The quantitative estimate of drug-likeness (QED) is 0.769. The predicted molar refractivity (Wildman–Crippen MR) is 77.1 cm³/mol. The second-order valence-electron chi connectivity index (χ2n) is 4.44. The summed E-state index contributed by atoms with van der Waals surface area (Å²) in [6.07, 6.45) is 1.55. The lowest BCUT2D eigenvalue weighted by molar-refractivity contribution is 0.148. The van der Waals surface area contributed by atoms with Gasteiger partial charge in [0.1, 0.15) is 12.4 Å². The van der Waals surface area contributed by atoms with Gasteiger partial charge in [0.25, 0.3) is 0 Å². The average Bonchev–Trinajstić information content (AvgIpc) is 2.30. The smallest absolute Gasteiger partial charge is 0.404 e. The van der Waals surface area contributed by atoms with E-state index in [4.69, 9.17) is 22.1 Å². The van der Waals surface area contributed by atoms with Crippen LogP contribution in [0.2, 0.25) is 5.28 Å². The lowest BCUT2D eigenvalue weighted by atomic mass is 10.0. The zero-order valence-corrected chi connectivity index (χ0v) is 13.0. The van der Waals surface area contributed by atoms with E-state index in [1.807, 2.05) is 0 Å². The second kappa shape index (κ2) is 7.49. The van der Waals surface area contributed by atoms with E-state index in [1.54, 1.807) is 6.20 Å². The Morgan fingerprint density at radius 2 is 2.32 bits per heavy atom. The van der Waals surface area contributed by atoms with Crippen molar-refractivity contribution < 1.29 is 9.53 Å². The molecule has 0 saturated carbocycles. The number of halogens is 2. The lowest BCUT2D eigenvalue weighted by Gasteiger charge is -2.21. The number of nitrogens with one attached hydrogen (secondary N) is 1. The second-order valence-corrected chi connectivity index (χ2v) is 5.63. The van der Waals surface area contributed by atoms with Crippen LogP contribution in [0, 0.1) is 5.92 Å². The molecule has 1 aromatic rings. The molecule has 0 aliphatic rings. The van der Waals surface area contributed by atoms with Crippen molar-refractivity contribution in [3.63, 3.8) is 0 Å². The molecule has 0 fully saturated rings. The zero-order valence-electron chi connectivity index (χ0n) is 10.7. The molecular formula is C11H16BrClN4O2. The molecule has 1 heterocycles. The molecule has 0 aliphatic carbocycles. The molecular weight excluding hydrogens is 336 g/mol. The summed E-state index contributed by atoms with van der Waals surface area (Å²) in [6, 6.07) is -0.102. The number of carbonyl (C=O) groups is 1. The van der Waals surface area contributed by atoms with Crippen LogP contribution in [0.1, 0.15) is 20.3 Å². The molecule has 0 saturated heterocycles. The van der Waals surface area contributed by atoms with Crippen molar-refractivity contribution in [3.05, 3.63) is 16.0 Å². The van der Waals surface area contributed by atoms with Crippen molar-refractivity contribution in [2.75, 3.05) is 11.9 Å². The summed E-state index contributed by atoms with van der Waals surface area (Å²) in [5.74, 6) is 0.976. The summed E-state index contributed by atoms with van der Waals surface area (Å²) in [5.41, 5.74) is 4.97. The van der Waals surface area contributed by atoms with Gasteiger partial charge in [-0.25, -0.2) is 9.78 Å². The van der Waals surface area contributed by atoms with Crippen molar-refractivity contribution in [3.8, 4) is 0 Å². The van der Waals surface area contributed by atoms with Crippen LogP contribution in [0.15, 0.2) is 10.7 Å². The van der Waals surface area contributed by atoms with E-state index in [0.29, 0.717) is 16.2 Å². The topological polar surface area (TPSA) is 90.1 Å². The Kier molecular flexibility index (Phi) is 6.30. The third-order valence-electron chi connectivity index (χ3n) is 2.24. The van der Waals surface area contributed by atoms with Crippen molar-refractivity contribution in [2.45, 2.75) is 26.3 Å². The minimum absolute atomic E-state index is 0.102. The van der Waals surface area contributed by atoms with E-state index in [1.165, 1.54) is 0 Å². The van der Waals surface area contributed by atoms with E-state index in [2.05, 4.69) is 45.1 Å². The number of primary amides is 1. The zero-order chi connectivity index (χ0) is 14.4. The molecule has 0 radical (unpaired) electrons. The van der Waals surface area contributed by atoms with Crippen LogP contribution in [0.4, 0.5) is 10.6 Å². The number of amides is 1. The number of nitrogens with two attached hydrogens (primary N) is 1. The standard InChI is InChI=1S/C11H16BrClN4O2/c1-6(2)3-7(5-19-11(14)18)16-9-8(12)4-15-10(13)17-9/h4,6-7H,3,5H2,1-2H3,(H2,14,18)(H,15,16,17). The van der Waals surface area contributed by atoms with Crippen LogP contribution in [0.25, 0.3) is 0 Å². The van der Waals surface area contributed by atoms with Crippen LogP contribution < -0.4 is 11.1 Å². The molecule has 3 N–H and O–H groups in total. The molecule has 6 nitrogen and oxygen atoms in total. The molecule has 8 heteroatoms. The van der Waals surface area contributed by atoms with Gasteiger partial charge in [-0.3, -0.25) is 0 Å². The van der Waals surface area contributed by atoms with Gasteiger partial charge in [-0.05, 0) is 39.9 Å². The van der Waals surface area contributed by atoms with E-state index >= 15 is 0 Å². The number of hydrogen-bond donors (Lipinski definition) is 2. The van der Waals surface area contributed by atoms with Crippen LogP contribution in [-0.4, -0.2) is 28.7 Å². The van der Waals surface area contributed by atoms with Gasteiger partial charge in [0.05, 0.1) is 10.5 Å². The summed E-state index contributed by atoms with van der Waals surface area (Å²) in [7, 11) is 0. The van der Waals surface area contributed by atoms with Crippen LogP contribution >= 0.6 is 27.5 Å². The molecule has 1 atom stereocenters. The molecule has 19 heavy (non-hydrogen) atoms. The Balaban J connectivity index is 2.74. The summed E-state index contributed by atoms with van der Waals surface area (Å²) < 4.78 is 5.52. The highest BCUT2D eigenvalue weighted by Crippen LogP contribution is 2.22. The van der Waals surface area contributed by atoms with Gasteiger partial charge in [-0.2, -0.15) is 4.98 Å². The molecule has 1 rings (SSSR count). The number of rotatable bonds is 6. The summed E-state index contributed by atoms with van der Waals surface area (Å²) in [6.45, 7) is 4.31. The lowest BCUT2D eigenvalue weighted by Crippen LogP contribution is -2.30. The first-order valence-corrected chi connectivity index (χ1v) is 6.92. The van der Waals surface area contributed by atoms with Crippen LogP contribution in [0.5, 0.6) is 0 Å². The fraction of sp³-hybridized carbons (Fsp3) is 0.545. The van der Waals surface area contributed by atoms with Crippen molar-refractivity contribution in [2.24, 2.45) is 11.7 Å². The highest BCUT2D eigenvalue weighted by molar-refractivity contribution is 9.10. The SMILES string of the molecule is CC(C)CC(COC(N)=O)Nc1nc(Cl)ncc1Br. The average molecular weight is 352 g/mol. The Morgan fingerprint density at radius 3 is 2.89 bits per heavy atom. The molecule has 1 aromatic heterocycles. The van der Waals surface area contributed by atoms with Crippen molar-refractivity contribution in [1.29, 1.82) is 0 Å². The molecule has 1 amide bonds. The maximum atomic E-state index is 10.7. The monoisotopic (exact) mass is 350 g/mol. The molecule has 0 aromatic carbocycles. The van der Waals surface area contributed by atoms with Gasteiger partial charge >= 0.3 is 6.09 Å². The van der Waals surface area contributed by atoms with E-state index < -0.39 is 6.09 Å². The highest BCUT2D eigenvalue weighted by Gasteiger charge is 2.15. The predicted octanol–water partition coefficient (Wildman–Crippen LogP) is 2.81. The first-order valence-electron chi connectivity index (χ1n) is 5.75. The van der Waals surface area contributed by atoms with E-state index in [-0.39, 0.29) is 17.9 Å². The van der Waals surface area contributed by atoms with Gasteiger partial charge in [0, 0.05) is 6.20 Å². The first kappa shape index (κ1) is 16.0. The molecule has 0 spiro atoms. The number of carbonyl (C=O) groups excluding carboxylic acids is 1. The minimum atomic E-state index is -0.796. The Hall–Kier alpha value is -1.08. The van der Waals surface area contributed by atoms with Gasteiger partial charge in [-0.1, -0.05) is 13.8 Å². The number of anilines is 1. The largest absolute Gasteiger partial charge is 0.448 e. The van der Waals surface area contributed by atoms with Gasteiger partial charge in [0.2, 0.25) is 5.28 Å². The number of aromatic nitrogens is 2. The maximum absolute atomic E-state index is 10.7. The number of ether oxygens (including phenoxy) is 1. The van der Waals surface area contributed by atoms with Gasteiger partial charge in [-0.15, -0.1) is 0 Å². The fourth-order valence-corrected chi connectivity index (χ4v) is 2.00. The Labute approximate surface area is 125 Å². The molecule has 1 unspecified atom stereocenters. The third kappa shape index (κ3) is 6.07. The fourth-order valence-electron chi connectivity index (χ4n) is 1.56. The highest BCUT2D eigenvalue weighted by atomic mass is 79.9. The van der Waals surface area contributed by atoms with E-state index in [0.717, 1.165) is 6.42 Å². The third-order valence-corrected chi connectivity index (χ3v) is 3.00. The Bertz CT molecular complexity index is 445. The van der Waals surface area contributed by atoms with Crippen molar-refractivity contribution in [1.82, 2.24) is 9.97 Å². The van der Waals surface area contributed by atoms with Crippen LogP contribution in [0.3, 0.4) is 0 Å². The van der Waals surface area contributed by atoms with Crippen LogP contribution in [-0.2, 0) is 4.74 Å². The Morgan fingerprint density at radius 1 is 1.63 bits per heavy atom. The summed E-state index contributed by atoms with van der Waals surface area (Å²) in [5, 5.41) is 3.30. The number of nitrogens with zero attached hydrogens (tertiary/aromatic N) is 2. The van der Waals surface area contributed by atoms with Crippen molar-refractivity contribution >= 4 is 39.4 Å². The molecule has 106 valence electrons. The molecule has 0 bridgehead atoms. The van der Waals surface area contributed by atoms with Gasteiger partial charge < -0.3 is 15.8 Å².